The molecule has 0 aliphatic carbocycles. The van der Waals surface area contributed by atoms with E-state index in [0.29, 0.717) is 37.8 Å². The predicted molar refractivity (Wildman–Crippen MR) is 138 cm³/mol. The van der Waals surface area contributed by atoms with Crippen LogP contribution in [-0.2, 0) is 13.0 Å². The van der Waals surface area contributed by atoms with E-state index in [1.165, 1.54) is 17.5 Å². The van der Waals surface area contributed by atoms with Gasteiger partial charge in [-0.05, 0) is 30.9 Å². The zero-order valence-electron chi connectivity index (χ0n) is 20.9. The number of piperazine rings is 2. The van der Waals surface area contributed by atoms with Crippen LogP contribution in [0.15, 0.2) is 47.6 Å². The summed E-state index contributed by atoms with van der Waals surface area (Å²) in [4.78, 5) is 26.4. The third-order valence-electron chi connectivity index (χ3n) is 7.05. The van der Waals surface area contributed by atoms with Gasteiger partial charge in [0.25, 0.3) is 5.91 Å². The third kappa shape index (κ3) is 6.72. The first-order valence-corrected chi connectivity index (χ1v) is 12.9. The molecule has 2 fully saturated rings. The lowest BCUT2D eigenvalue weighted by atomic mass is 10.1. The van der Waals surface area contributed by atoms with E-state index in [2.05, 4.69) is 57.5 Å². The number of anilines is 1. The van der Waals surface area contributed by atoms with Crippen molar-refractivity contribution in [3.8, 4) is 0 Å². The van der Waals surface area contributed by atoms with Crippen molar-refractivity contribution in [2.24, 2.45) is 0 Å². The van der Waals surface area contributed by atoms with Crippen molar-refractivity contribution in [3.05, 3.63) is 60.3 Å². The maximum absolute atomic E-state index is 13.0. The molecule has 0 saturated carbocycles. The predicted octanol–water partition coefficient (Wildman–Crippen LogP) is 2.64. The van der Waals surface area contributed by atoms with Crippen molar-refractivity contribution in [1.82, 2.24) is 19.7 Å². The first-order valence-electron chi connectivity index (χ1n) is 12.9. The molecular weight excluding hydrogens is 442 g/mol. The number of rotatable bonds is 10. The Kier molecular flexibility index (Phi) is 8.95. The van der Waals surface area contributed by atoms with Gasteiger partial charge in [0, 0.05) is 64.6 Å². The van der Waals surface area contributed by atoms with E-state index >= 15 is 0 Å². The number of hydrogen-bond donors (Lipinski definition) is 1. The van der Waals surface area contributed by atoms with E-state index in [0.717, 1.165) is 58.5 Å². The maximum Gasteiger partial charge on any atom is 0.275 e. The highest BCUT2D eigenvalue weighted by Gasteiger charge is 2.26. The number of nitrogens with zero attached hydrogens (tertiary/aromatic N) is 5. The molecule has 190 valence electrons. The van der Waals surface area contributed by atoms with Crippen LogP contribution >= 0.6 is 0 Å². The molecule has 8 nitrogen and oxygen atoms in total. The molecule has 1 aromatic heterocycles. The van der Waals surface area contributed by atoms with Gasteiger partial charge in [0.2, 0.25) is 5.89 Å². The van der Waals surface area contributed by atoms with Gasteiger partial charge in [0.15, 0.2) is 5.69 Å². The molecule has 2 aliphatic heterocycles. The Morgan fingerprint density at radius 2 is 1.83 bits per heavy atom. The number of carbonyl (C=O) groups excluding carboxylic acids is 1. The monoisotopic (exact) mass is 481 g/mol. The Morgan fingerprint density at radius 1 is 1.11 bits per heavy atom. The molecule has 1 N–H and O–H groups in total. The summed E-state index contributed by atoms with van der Waals surface area (Å²) in [7, 11) is 0. The molecule has 1 aromatic carbocycles. The van der Waals surface area contributed by atoms with Crippen LogP contribution in [-0.4, -0.2) is 95.7 Å². The van der Waals surface area contributed by atoms with Gasteiger partial charge in [-0.15, -0.1) is 6.58 Å². The average Bonchev–Trinajstić information content (AvgIpc) is 3.36. The number of benzene rings is 1. The van der Waals surface area contributed by atoms with Crippen LogP contribution in [0.5, 0.6) is 0 Å². The standard InChI is InChI=1S/C27H39N5O3/c1-3-5-9-23(33)19-29-11-13-30(14-12-29)20-26-28-24(21-35-26)27(34)32-17-15-31(16-18-32)25-10-7-6-8-22(25)4-2/h3,6-8,10,21,23,33H,1,4-5,9,11-20H2,2H3/t23-/m0/s1. The Morgan fingerprint density at radius 3 is 2.54 bits per heavy atom. The number of aliphatic hydroxyl groups excluding tert-OH is 1. The summed E-state index contributed by atoms with van der Waals surface area (Å²) in [5.41, 5.74) is 3.02. The van der Waals surface area contributed by atoms with Gasteiger partial charge in [-0.3, -0.25) is 14.6 Å². The number of allylic oxidation sites excluding steroid dienone is 1. The van der Waals surface area contributed by atoms with Crippen LogP contribution in [0.25, 0.3) is 0 Å². The number of oxazole rings is 1. The second kappa shape index (κ2) is 12.3. The molecule has 2 aromatic rings. The van der Waals surface area contributed by atoms with Gasteiger partial charge in [-0.2, -0.15) is 0 Å². The number of amides is 1. The first-order chi connectivity index (χ1) is 17.1. The largest absolute Gasteiger partial charge is 0.447 e. The Bertz CT molecular complexity index is 961. The molecule has 2 aliphatic rings. The number of aromatic nitrogens is 1. The Labute approximate surface area is 208 Å². The number of carbonyl (C=O) groups is 1. The summed E-state index contributed by atoms with van der Waals surface area (Å²) in [6.07, 6.45) is 5.66. The molecule has 0 unspecified atom stereocenters. The molecule has 0 spiro atoms. The van der Waals surface area contributed by atoms with Gasteiger partial charge in [0.05, 0.1) is 12.6 Å². The molecule has 3 heterocycles. The van der Waals surface area contributed by atoms with Crippen molar-refractivity contribution in [2.45, 2.75) is 38.8 Å². The second-order valence-electron chi connectivity index (χ2n) is 9.48. The lowest BCUT2D eigenvalue weighted by molar-refractivity contribution is 0.0642. The fraction of sp³-hybridized carbons (Fsp3) is 0.556. The van der Waals surface area contributed by atoms with Crippen LogP contribution in [0.3, 0.4) is 0 Å². The van der Waals surface area contributed by atoms with Crippen LogP contribution in [0.2, 0.25) is 0 Å². The van der Waals surface area contributed by atoms with Crippen molar-refractivity contribution in [1.29, 1.82) is 0 Å². The quantitative estimate of drug-likeness (QED) is 0.523. The van der Waals surface area contributed by atoms with Gasteiger partial charge >= 0.3 is 0 Å². The molecule has 1 atom stereocenters. The van der Waals surface area contributed by atoms with Crippen molar-refractivity contribution in [3.63, 3.8) is 0 Å². The summed E-state index contributed by atoms with van der Waals surface area (Å²) in [5.74, 6) is 0.532. The SMILES string of the molecule is C=CCC[C@H](O)CN1CCN(Cc2nc(C(=O)N3CCN(c4ccccc4CC)CC3)co2)CC1. The van der Waals surface area contributed by atoms with Crippen LogP contribution in [0, 0.1) is 0 Å². The number of aliphatic hydroxyl groups is 1. The lowest BCUT2D eigenvalue weighted by Gasteiger charge is -2.36. The molecule has 0 bridgehead atoms. The summed E-state index contributed by atoms with van der Waals surface area (Å²) in [6, 6.07) is 8.51. The zero-order chi connectivity index (χ0) is 24.6. The molecule has 1 amide bonds. The summed E-state index contributed by atoms with van der Waals surface area (Å²) < 4.78 is 5.66. The van der Waals surface area contributed by atoms with E-state index in [1.807, 2.05) is 11.0 Å². The van der Waals surface area contributed by atoms with Crippen molar-refractivity contribution < 1.29 is 14.3 Å². The van der Waals surface area contributed by atoms with Crippen molar-refractivity contribution in [2.75, 3.05) is 63.8 Å². The van der Waals surface area contributed by atoms with E-state index in [1.54, 1.807) is 0 Å². The topological polar surface area (TPSA) is 76.3 Å². The number of hydrogen-bond acceptors (Lipinski definition) is 7. The highest BCUT2D eigenvalue weighted by Crippen LogP contribution is 2.23. The Balaban J connectivity index is 1.23. The van der Waals surface area contributed by atoms with Crippen LogP contribution < -0.4 is 4.90 Å². The van der Waals surface area contributed by atoms with E-state index in [-0.39, 0.29) is 12.0 Å². The first kappa shape index (κ1) is 25.4. The summed E-state index contributed by atoms with van der Waals surface area (Å²) >= 11 is 0. The number of aryl methyl sites for hydroxylation is 1. The molecular formula is C27H39N5O3. The molecule has 2 saturated heterocycles. The minimum absolute atomic E-state index is 0.0539. The summed E-state index contributed by atoms with van der Waals surface area (Å²) in [6.45, 7) is 13.8. The van der Waals surface area contributed by atoms with Crippen molar-refractivity contribution >= 4 is 11.6 Å². The van der Waals surface area contributed by atoms with E-state index in [9.17, 15) is 9.90 Å². The van der Waals surface area contributed by atoms with E-state index in [4.69, 9.17) is 4.42 Å². The minimum Gasteiger partial charge on any atom is -0.447 e. The second-order valence-corrected chi connectivity index (χ2v) is 9.48. The van der Waals surface area contributed by atoms with Gasteiger partial charge in [-0.25, -0.2) is 4.98 Å². The van der Waals surface area contributed by atoms with Gasteiger partial charge in [-0.1, -0.05) is 31.2 Å². The van der Waals surface area contributed by atoms with Crippen LogP contribution in [0.4, 0.5) is 5.69 Å². The fourth-order valence-corrected chi connectivity index (χ4v) is 4.93. The zero-order valence-corrected chi connectivity index (χ0v) is 20.9. The van der Waals surface area contributed by atoms with Crippen LogP contribution in [0.1, 0.15) is 41.7 Å². The lowest BCUT2D eigenvalue weighted by Crippen LogP contribution is -2.49. The normalized spacial score (nSPS) is 18.6. The number of para-hydroxylation sites is 1. The summed E-state index contributed by atoms with van der Waals surface area (Å²) in [5, 5.41) is 10.1. The molecule has 4 rings (SSSR count). The smallest absolute Gasteiger partial charge is 0.275 e. The molecule has 8 heteroatoms. The molecule has 35 heavy (non-hydrogen) atoms. The average molecular weight is 482 g/mol. The van der Waals surface area contributed by atoms with Gasteiger partial charge in [0.1, 0.15) is 6.26 Å². The molecule has 0 radical (unpaired) electrons. The van der Waals surface area contributed by atoms with E-state index < -0.39 is 0 Å². The highest BCUT2D eigenvalue weighted by atomic mass is 16.3. The third-order valence-corrected chi connectivity index (χ3v) is 7.05. The highest BCUT2D eigenvalue weighted by molar-refractivity contribution is 5.92. The maximum atomic E-state index is 13.0. The minimum atomic E-state index is -0.303. The fourth-order valence-electron chi connectivity index (χ4n) is 4.93. The Hall–Kier alpha value is -2.68. The van der Waals surface area contributed by atoms with Gasteiger partial charge < -0.3 is 19.3 Å². The number of β-amino-alcohol motifs (C(OH)–C–C–N with tert-alkyl or cyclic N) is 1.